The molecule has 3 saturated heterocycles. The molecule has 10 nitrogen and oxygen atoms in total. The fourth-order valence-corrected chi connectivity index (χ4v) is 9.31. The number of sulfonamides is 1. The van der Waals surface area contributed by atoms with Crippen LogP contribution in [0.4, 0.5) is 5.69 Å². The second kappa shape index (κ2) is 16.3. The van der Waals surface area contributed by atoms with E-state index in [9.17, 15) is 18.3 Å². The smallest absolute Gasteiger partial charge is 0.247 e. The van der Waals surface area contributed by atoms with Gasteiger partial charge in [0.05, 0.1) is 30.4 Å². The molecule has 5 aromatic carbocycles. The van der Waals surface area contributed by atoms with Crippen molar-refractivity contribution in [3.05, 3.63) is 156 Å². The van der Waals surface area contributed by atoms with Crippen LogP contribution in [-0.2, 0) is 37.4 Å². The summed E-state index contributed by atoms with van der Waals surface area (Å²) in [5.41, 5.74) is 6.08. The Hall–Kier alpha value is -4.88. The van der Waals surface area contributed by atoms with Crippen molar-refractivity contribution in [2.45, 2.75) is 61.8 Å². The summed E-state index contributed by atoms with van der Waals surface area (Å²) in [6.07, 6.45) is 0.443. The minimum absolute atomic E-state index is 0.0234. The molecule has 0 saturated carbocycles. The summed E-state index contributed by atoms with van der Waals surface area (Å²) in [5.74, 6) is 0.130. The average Bonchev–Trinajstić information content (AvgIpc) is 3.56. The Bertz CT molecular complexity index is 2210. The Kier molecular flexibility index (Phi) is 11.1. The maximum Gasteiger partial charge on any atom is 0.247 e. The summed E-state index contributed by atoms with van der Waals surface area (Å²) in [6.45, 7) is 5.08. The molecule has 1 spiro atoms. The molecule has 4 atom stereocenters. The van der Waals surface area contributed by atoms with Gasteiger partial charge in [-0.15, -0.1) is 0 Å². The molecule has 3 aliphatic heterocycles. The van der Waals surface area contributed by atoms with E-state index < -0.39 is 21.9 Å². The van der Waals surface area contributed by atoms with Crippen LogP contribution in [0.3, 0.4) is 0 Å². The topological polar surface area (TPSA) is 120 Å². The Balaban J connectivity index is 0.979. The fourth-order valence-electron chi connectivity index (χ4n) is 8.28. The summed E-state index contributed by atoms with van der Waals surface area (Å²) in [7, 11) is -3.63. The van der Waals surface area contributed by atoms with Crippen LogP contribution in [0.15, 0.2) is 138 Å². The molecule has 3 fully saturated rings. The first-order valence-electron chi connectivity index (χ1n) is 19.3. The van der Waals surface area contributed by atoms with Gasteiger partial charge in [0.25, 0.3) is 0 Å². The number of aliphatic hydroxyl groups excluding tert-OH is 1. The summed E-state index contributed by atoms with van der Waals surface area (Å²) in [4.78, 5) is 18.2. The zero-order valence-corrected chi connectivity index (χ0v) is 32.3. The highest BCUT2D eigenvalue weighted by atomic mass is 32.2. The molecular weight excluding hydrogens is 725 g/mol. The first-order valence-corrected chi connectivity index (χ1v) is 20.8. The van der Waals surface area contributed by atoms with E-state index in [1.165, 1.54) is 0 Å². The molecule has 56 heavy (non-hydrogen) atoms. The number of amides is 1. The van der Waals surface area contributed by atoms with Gasteiger partial charge in [0, 0.05) is 43.3 Å². The number of nitrogens with zero attached hydrogens (tertiary/aromatic N) is 2. The second-order valence-corrected chi connectivity index (χ2v) is 16.8. The Morgan fingerprint density at radius 1 is 0.786 bits per heavy atom. The lowest BCUT2D eigenvalue weighted by Crippen LogP contribution is -2.57. The number of rotatable bonds is 11. The van der Waals surface area contributed by atoms with Gasteiger partial charge in [0.2, 0.25) is 15.9 Å². The number of hydrogen-bond donors (Lipinski definition) is 3. The van der Waals surface area contributed by atoms with Gasteiger partial charge in [0.15, 0.2) is 6.29 Å². The standard InChI is InChI=1S/C45H48N4O6S/c1-32-41(29-48-25-23-45(24-26-48)44(51)46-31-49(45)39-11-4-2-5-12-39)54-43(55-42(32)36-17-15-33(30-50)16-18-36)37-21-19-35(20-22-37)38-10-8-9-34(27-38)28-47-56(52,53)40-13-6-3-7-14-40/h2-22,27,32,41-43,47,50H,23-26,28-31H2,1H3,(H,46,51)/t32-,41+,42+,43+/m0/s1. The van der Waals surface area contributed by atoms with Crippen LogP contribution in [0.25, 0.3) is 11.1 Å². The van der Waals surface area contributed by atoms with Crippen LogP contribution in [0.1, 0.15) is 54.4 Å². The average molecular weight is 773 g/mol. The summed E-state index contributed by atoms with van der Waals surface area (Å²) in [6, 6.07) is 42.5. The number of carbonyl (C=O) groups is 1. The van der Waals surface area contributed by atoms with Crippen molar-refractivity contribution < 1.29 is 27.8 Å². The van der Waals surface area contributed by atoms with Crippen LogP contribution >= 0.6 is 0 Å². The zero-order chi connectivity index (χ0) is 38.7. The number of piperidine rings is 1. The normalized spacial score (nSPS) is 22.6. The monoisotopic (exact) mass is 772 g/mol. The molecule has 0 radical (unpaired) electrons. The van der Waals surface area contributed by atoms with Crippen LogP contribution in [0.5, 0.6) is 0 Å². The van der Waals surface area contributed by atoms with E-state index in [-0.39, 0.29) is 42.1 Å². The lowest BCUT2D eigenvalue weighted by Gasteiger charge is -2.46. The third-order valence-corrected chi connectivity index (χ3v) is 13.0. The van der Waals surface area contributed by atoms with Gasteiger partial charge in [0.1, 0.15) is 5.54 Å². The van der Waals surface area contributed by atoms with Crippen molar-refractivity contribution in [3.63, 3.8) is 0 Å². The predicted molar refractivity (Wildman–Crippen MR) is 216 cm³/mol. The molecule has 3 aliphatic rings. The van der Waals surface area contributed by atoms with E-state index >= 15 is 0 Å². The predicted octanol–water partition coefficient (Wildman–Crippen LogP) is 6.54. The van der Waals surface area contributed by atoms with Crippen molar-refractivity contribution in [1.82, 2.24) is 14.9 Å². The van der Waals surface area contributed by atoms with Crippen LogP contribution in [0.2, 0.25) is 0 Å². The van der Waals surface area contributed by atoms with Crippen LogP contribution in [0, 0.1) is 5.92 Å². The van der Waals surface area contributed by atoms with Crippen molar-refractivity contribution in [1.29, 1.82) is 0 Å². The third-order valence-electron chi connectivity index (χ3n) is 11.6. The lowest BCUT2D eigenvalue weighted by molar-refractivity contribution is -0.276. The number of para-hydroxylation sites is 1. The van der Waals surface area contributed by atoms with Crippen molar-refractivity contribution in [2.24, 2.45) is 5.92 Å². The molecule has 290 valence electrons. The molecular formula is C45H48N4O6S. The SMILES string of the molecule is C[C@H]1[C@@H](CN2CCC3(CC2)C(=O)NCN3c2ccccc2)O[C@@H](c2ccc(-c3cccc(CNS(=O)(=O)c4ccccc4)c3)cc2)O[C@H]1c1ccc(CO)cc1. The summed E-state index contributed by atoms with van der Waals surface area (Å²) >= 11 is 0. The third kappa shape index (κ3) is 7.88. The highest BCUT2D eigenvalue weighted by molar-refractivity contribution is 7.89. The van der Waals surface area contributed by atoms with Gasteiger partial charge in [-0.25, -0.2) is 13.1 Å². The van der Waals surface area contributed by atoms with Gasteiger partial charge < -0.3 is 29.7 Å². The van der Waals surface area contributed by atoms with Crippen molar-refractivity contribution in [2.75, 3.05) is 31.2 Å². The summed E-state index contributed by atoms with van der Waals surface area (Å²) < 4.78 is 41.9. The number of hydrogen-bond acceptors (Lipinski definition) is 8. The molecule has 1 amide bonds. The maximum absolute atomic E-state index is 13.3. The maximum atomic E-state index is 13.3. The van der Waals surface area contributed by atoms with Gasteiger partial charge in [-0.3, -0.25) is 4.79 Å². The van der Waals surface area contributed by atoms with E-state index in [0.29, 0.717) is 13.2 Å². The van der Waals surface area contributed by atoms with Crippen molar-refractivity contribution in [3.8, 4) is 11.1 Å². The summed E-state index contributed by atoms with van der Waals surface area (Å²) in [5, 5.41) is 12.8. The number of nitrogens with one attached hydrogen (secondary N) is 2. The quantitative estimate of drug-likeness (QED) is 0.139. The Morgan fingerprint density at radius 2 is 1.46 bits per heavy atom. The van der Waals surface area contributed by atoms with E-state index in [1.807, 2.05) is 91.0 Å². The van der Waals surface area contributed by atoms with E-state index in [2.05, 4.69) is 38.9 Å². The fraction of sp³-hybridized carbons (Fsp3) is 0.311. The lowest BCUT2D eigenvalue weighted by atomic mass is 9.84. The number of benzene rings is 5. The minimum atomic E-state index is -3.63. The molecule has 0 bridgehead atoms. The highest BCUT2D eigenvalue weighted by Crippen LogP contribution is 2.43. The van der Waals surface area contributed by atoms with E-state index in [4.69, 9.17) is 9.47 Å². The molecule has 3 N–H and O–H groups in total. The first-order chi connectivity index (χ1) is 27.2. The molecule has 3 heterocycles. The molecule has 8 rings (SSSR count). The van der Waals surface area contributed by atoms with Gasteiger partial charge in [-0.2, -0.15) is 0 Å². The number of carbonyl (C=O) groups excluding carboxylic acids is 1. The largest absolute Gasteiger partial charge is 0.392 e. The Labute approximate surface area is 329 Å². The van der Waals surface area contributed by atoms with Gasteiger partial charge in [-0.1, -0.05) is 110 Å². The van der Waals surface area contributed by atoms with Crippen LogP contribution < -0.4 is 14.9 Å². The number of ether oxygens (including phenoxy) is 2. The molecule has 0 aromatic heterocycles. The second-order valence-electron chi connectivity index (χ2n) is 15.0. The minimum Gasteiger partial charge on any atom is -0.392 e. The zero-order valence-electron chi connectivity index (χ0n) is 31.5. The van der Waals surface area contributed by atoms with Gasteiger partial charge >= 0.3 is 0 Å². The number of likely N-dealkylation sites (tertiary alicyclic amines) is 1. The van der Waals surface area contributed by atoms with Crippen LogP contribution in [-0.4, -0.2) is 62.3 Å². The molecule has 11 heteroatoms. The van der Waals surface area contributed by atoms with E-state index in [1.54, 1.807) is 30.3 Å². The van der Waals surface area contributed by atoms with Crippen molar-refractivity contribution >= 4 is 21.6 Å². The highest BCUT2D eigenvalue weighted by Gasteiger charge is 2.51. The molecule has 0 aliphatic carbocycles. The van der Waals surface area contributed by atoms with E-state index in [0.717, 1.165) is 65.0 Å². The Morgan fingerprint density at radius 3 is 2.16 bits per heavy atom. The number of anilines is 1. The molecule has 5 aromatic rings. The molecule has 0 unspecified atom stereocenters. The first kappa shape index (κ1) is 38.0. The number of aliphatic hydroxyl groups is 1. The van der Waals surface area contributed by atoms with Gasteiger partial charge in [-0.05, 0) is 71.0 Å².